The first-order valence-electron chi connectivity index (χ1n) is 6.85. The maximum Gasteiger partial charge on any atom is 0.312 e. The van der Waals surface area contributed by atoms with E-state index in [0.717, 1.165) is 11.3 Å². The second kappa shape index (κ2) is 6.03. The average molecular weight is 294 g/mol. The first-order valence-corrected chi connectivity index (χ1v) is 6.85. The normalized spacial score (nSPS) is 18.7. The van der Waals surface area contributed by atoms with Crippen molar-refractivity contribution in [3.05, 3.63) is 29.8 Å². The third-order valence-electron chi connectivity index (χ3n) is 4.25. The van der Waals surface area contributed by atoms with Gasteiger partial charge in [-0.05, 0) is 24.1 Å². The Morgan fingerprint density at radius 3 is 2.33 bits per heavy atom. The number of carbonyl (C=O) groups is 1. The van der Waals surface area contributed by atoms with Gasteiger partial charge >= 0.3 is 5.97 Å². The van der Waals surface area contributed by atoms with Crippen LogP contribution in [-0.4, -0.2) is 40.2 Å². The third kappa shape index (κ3) is 2.89. The molecule has 0 spiro atoms. The van der Waals surface area contributed by atoms with E-state index >= 15 is 0 Å². The summed E-state index contributed by atoms with van der Waals surface area (Å²) < 4.78 is 21.0. The summed E-state index contributed by atoms with van der Waals surface area (Å²) in [6.45, 7) is 0. The highest BCUT2D eigenvalue weighted by molar-refractivity contribution is 5.79. The van der Waals surface area contributed by atoms with Crippen LogP contribution in [0.1, 0.15) is 18.4 Å². The summed E-state index contributed by atoms with van der Waals surface area (Å²) in [7, 11) is 6.22. The number of hydrogen-bond donors (Lipinski definition) is 0. The second-order valence-electron chi connectivity index (χ2n) is 5.47. The quantitative estimate of drug-likeness (QED) is 0.594. The molecular formula is C16H22O5. The molecule has 0 atom stereocenters. The van der Waals surface area contributed by atoms with E-state index in [0.29, 0.717) is 19.3 Å². The van der Waals surface area contributed by atoms with E-state index in [2.05, 4.69) is 0 Å². The first kappa shape index (κ1) is 15.8. The van der Waals surface area contributed by atoms with Gasteiger partial charge in [-0.2, -0.15) is 0 Å². The van der Waals surface area contributed by atoms with Crippen molar-refractivity contribution in [1.82, 2.24) is 0 Å². The predicted molar refractivity (Wildman–Crippen MR) is 77.1 cm³/mol. The van der Waals surface area contributed by atoms with Crippen molar-refractivity contribution < 1.29 is 23.7 Å². The Balaban J connectivity index is 2.21. The summed E-state index contributed by atoms with van der Waals surface area (Å²) in [5.74, 6) is -0.140. The van der Waals surface area contributed by atoms with Crippen molar-refractivity contribution in [3.8, 4) is 5.75 Å². The van der Waals surface area contributed by atoms with Crippen molar-refractivity contribution >= 4 is 5.97 Å². The van der Waals surface area contributed by atoms with E-state index in [9.17, 15) is 4.79 Å². The van der Waals surface area contributed by atoms with Gasteiger partial charge < -0.3 is 18.9 Å². The molecule has 0 amide bonds. The number of methoxy groups -OCH3 is 4. The molecule has 0 aromatic heterocycles. The zero-order chi connectivity index (χ0) is 15.5. The van der Waals surface area contributed by atoms with Crippen LogP contribution in [0.4, 0.5) is 0 Å². The van der Waals surface area contributed by atoms with E-state index in [-0.39, 0.29) is 5.97 Å². The highest BCUT2D eigenvalue weighted by atomic mass is 16.7. The maximum atomic E-state index is 12.2. The molecule has 0 bridgehead atoms. The van der Waals surface area contributed by atoms with Crippen molar-refractivity contribution in [2.24, 2.45) is 5.41 Å². The molecule has 0 heterocycles. The van der Waals surface area contributed by atoms with Gasteiger partial charge in [0.05, 0.1) is 19.6 Å². The summed E-state index contributed by atoms with van der Waals surface area (Å²) in [5, 5.41) is 0. The van der Waals surface area contributed by atoms with E-state index in [4.69, 9.17) is 18.9 Å². The Kier molecular flexibility index (Phi) is 4.54. The van der Waals surface area contributed by atoms with Crippen LogP contribution >= 0.6 is 0 Å². The van der Waals surface area contributed by atoms with E-state index in [1.165, 1.54) is 7.11 Å². The van der Waals surface area contributed by atoms with E-state index in [1.807, 2.05) is 24.3 Å². The van der Waals surface area contributed by atoms with Gasteiger partial charge in [0.25, 0.3) is 0 Å². The Bertz CT molecular complexity index is 499. The predicted octanol–water partition coefficient (Wildman–Crippen LogP) is 2.18. The van der Waals surface area contributed by atoms with Crippen LogP contribution in [-0.2, 0) is 25.4 Å². The standard InChI is InChI=1S/C16H22O5/c1-18-13-7-5-6-12(8-13)9-15(14(17)19-2)10-16(11-15,20-3)21-4/h5-8H,9-11H2,1-4H3. The molecule has 2 rings (SSSR count). The minimum absolute atomic E-state index is 0.227. The molecule has 1 aliphatic rings. The van der Waals surface area contributed by atoms with Crippen LogP contribution in [0.15, 0.2) is 24.3 Å². The number of hydrogen-bond acceptors (Lipinski definition) is 5. The zero-order valence-electron chi connectivity index (χ0n) is 13.0. The summed E-state index contributed by atoms with van der Waals surface area (Å²) >= 11 is 0. The molecule has 5 heteroatoms. The fourth-order valence-electron chi connectivity index (χ4n) is 3.08. The second-order valence-corrected chi connectivity index (χ2v) is 5.47. The van der Waals surface area contributed by atoms with E-state index in [1.54, 1.807) is 21.3 Å². The molecule has 0 radical (unpaired) electrons. The lowest BCUT2D eigenvalue weighted by molar-refractivity contribution is -0.295. The van der Waals surface area contributed by atoms with Crippen molar-refractivity contribution in [2.45, 2.75) is 25.0 Å². The molecular weight excluding hydrogens is 272 g/mol. The molecule has 1 saturated carbocycles. The van der Waals surface area contributed by atoms with Gasteiger partial charge in [-0.3, -0.25) is 4.79 Å². The average Bonchev–Trinajstić information content (AvgIpc) is 2.50. The molecule has 5 nitrogen and oxygen atoms in total. The van der Waals surface area contributed by atoms with Gasteiger partial charge in [-0.1, -0.05) is 12.1 Å². The minimum Gasteiger partial charge on any atom is -0.497 e. The van der Waals surface area contributed by atoms with Gasteiger partial charge in [0, 0.05) is 27.1 Å². The van der Waals surface area contributed by atoms with Gasteiger partial charge in [-0.25, -0.2) is 0 Å². The molecule has 0 unspecified atom stereocenters. The van der Waals surface area contributed by atoms with Crippen LogP contribution in [0.25, 0.3) is 0 Å². The number of carbonyl (C=O) groups excluding carboxylic acids is 1. The first-order chi connectivity index (χ1) is 10.0. The number of rotatable bonds is 6. The fraction of sp³-hybridized carbons (Fsp3) is 0.562. The Hall–Kier alpha value is -1.59. The number of esters is 1. The molecule has 1 aliphatic carbocycles. The zero-order valence-corrected chi connectivity index (χ0v) is 13.0. The van der Waals surface area contributed by atoms with Crippen LogP contribution in [0.3, 0.4) is 0 Å². The maximum absolute atomic E-state index is 12.2. The smallest absolute Gasteiger partial charge is 0.312 e. The van der Waals surface area contributed by atoms with E-state index < -0.39 is 11.2 Å². The summed E-state index contributed by atoms with van der Waals surface area (Å²) in [4.78, 5) is 12.2. The third-order valence-corrected chi connectivity index (χ3v) is 4.25. The number of benzene rings is 1. The monoisotopic (exact) mass is 294 g/mol. The molecule has 1 aromatic rings. The van der Waals surface area contributed by atoms with Gasteiger partial charge in [0.1, 0.15) is 5.75 Å². The molecule has 0 saturated heterocycles. The minimum atomic E-state index is -0.687. The van der Waals surface area contributed by atoms with Crippen molar-refractivity contribution in [3.63, 3.8) is 0 Å². The lowest BCUT2D eigenvalue weighted by Crippen LogP contribution is -2.59. The summed E-state index contributed by atoms with van der Waals surface area (Å²) in [5.41, 5.74) is 0.424. The van der Waals surface area contributed by atoms with Crippen molar-refractivity contribution in [1.29, 1.82) is 0 Å². The lowest BCUT2D eigenvalue weighted by atomic mass is 9.61. The van der Waals surface area contributed by atoms with Crippen LogP contribution < -0.4 is 4.74 Å². The lowest BCUT2D eigenvalue weighted by Gasteiger charge is -2.52. The van der Waals surface area contributed by atoms with Crippen LogP contribution in [0.5, 0.6) is 5.75 Å². The summed E-state index contributed by atoms with van der Waals surface area (Å²) in [6, 6.07) is 7.71. The van der Waals surface area contributed by atoms with Gasteiger partial charge in [0.15, 0.2) is 5.79 Å². The Labute approximate surface area is 125 Å². The van der Waals surface area contributed by atoms with Gasteiger partial charge in [0.2, 0.25) is 0 Å². The molecule has 1 aromatic carbocycles. The molecule has 0 N–H and O–H groups in total. The largest absolute Gasteiger partial charge is 0.497 e. The Morgan fingerprint density at radius 1 is 1.14 bits per heavy atom. The highest BCUT2D eigenvalue weighted by Crippen LogP contribution is 2.53. The highest BCUT2D eigenvalue weighted by Gasteiger charge is 2.60. The van der Waals surface area contributed by atoms with Crippen molar-refractivity contribution in [2.75, 3.05) is 28.4 Å². The van der Waals surface area contributed by atoms with Crippen LogP contribution in [0.2, 0.25) is 0 Å². The van der Waals surface area contributed by atoms with Gasteiger partial charge in [-0.15, -0.1) is 0 Å². The fourth-order valence-corrected chi connectivity index (χ4v) is 3.08. The SMILES string of the molecule is COC(=O)C1(Cc2cccc(OC)c2)CC(OC)(OC)C1. The molecule has 116 valence electrons. The van der Waals surface area contributed by atoms with Crippen LogP contribution in [0, 0.1) is 5.41 Å². The number of ether oxygens (including phenoxy) is 4. The summed E-state index contributed by atoms with van der Waals surface area (Å²) in [6.07, 6.45) is 1.54. The Morgan fingerprint density at radius 2 is 1.81 bits per heavy atom. The molecule has 1 fully saturated rings. The molecule has 21 heavy (non-hydrogen) atoms. The topological polar surface area (TPSA) is 54.0 Å². The molecule has 0 aliphatic heterocycles.